The van der Waals surface area contributed by atoms with Crippen molar-refractivity contribution >= 4 is 0 Å². The molecule has 2 rings (SSSR count). The van der Waals surface area contributed by atoms with Gasteiger partial charge in [0.2, 0.25) is 0 Å². The number of rotatable bonds is 4. The highest BCUT2D eigenvalue weighted by Crippen LogP contribution is 2.17. The number of nitrogens with zero attached hydrogens (tertiary/aromatic N) is 2. The van der Waals surface area contributed by atoms with Crippen LogP contribution in [0.25, 0.3) is 0 Å². The van der Waals surface area contributed by atoms with Gasteiger partial charge in [0.05, 0.1) is 0 Å². The summed E-state index contributed by atoms with van der Waals surface area (Å²) in [6, 6.07) is 0.875. The van der Waals surface area contributed by atoms with Crippen molar-refractivity contribution in [3.63, 3.8) is 0 Å². The van der Waals surface area contributed by atoms with Crippen molar-refractivity contribution in [3.8, 4) is 0 Å². The lowest BCUT2D eigenvalue weighted by Gasteiger charge is -2.40. The Morgan fingerprint density at radius 2 is 1.75 bits per heavy atom. The van der Waals surface area contributed by atoms with E-state index in [-0.39, 0.29) is 0 Å². The van der Waals surface area contributed by atoms with Gasteiger partial charge in [0.1, 0.15) is 0 Å². The van der Waals surface area contributed by atoms with Gasteiger partial charge in [-0.05, 0) is 38.9 Å². The van der Waals surface area contributed by atoms with Gasteiger partial charge in [0.15, 0.2) is 0 Å². The quantitative estimate of drug-likeness (QED) is 0.774. The van der Waals surface area contributed by atoms with Crippen molar-refractivity contribution < 1.29 is 0 Å². The largest absolute Gasteiger partial charge is 0.314 e. The molecule has 0 radical (unpaired) electrons. The molecule has 2 aliphatic heterocycles. The Morgan fingerprint density at radius 3 is 2.38 bits per heavy atom. The molecule has 0 spiro atoms. The molecule has 0 amide bonds. The summed E-state index contributed by atoms with van der Waals surface area (Å²) in [6.07, 6.45) is 5.49. The van der Waals surface area contributed by atoms with E-state index in [1.54, 1.807) is 0 Å². The van der Waals surface area contributed by atoms with Gasteiger partial charge in [0.25, 0.3) is 0 Å². The molecule has 2 fully saturated rings. The van der Waals surface area contributed by atoms with E-state index < -0.39 is 0 Å². The molecule has 0 aromatic heterocycles. The SMILES string of the molecule is CCCCN1CCC(N2CCNCC2)CC1. The van der Waals surface area contributed by atoms with Gasteiger partial charge in [-0.2, -0.15) is 0 Å². The first-order valence-corrected chi connectivity index (χ1v) is 7.07. The Morgan fingerprint density at radius 1 is 1.06 bits per heavy atom. The van der Waals surface area contributed by atoms with Crippen LogP contribution in [0.15, 0.2) is 0 Å². The van der Waals surface area contributed by atoms with Crippen LogP contribution < -0.4 is 5.32 Å². The predicted molar refractivity (Wildman–Crippen MR) is 68.8 cm³/mol. The minimum atomic E-state index is 0.875. The second-order valence-electron chi connectivity index (χ2n) is 5.21. The molecule has 0 aromatic carbocycles. The Balaban J connectivity index is 1.67. The molecular weight excluding hydrogens is 198 g/mol. The number of piperidine rings is 1. The van der Waals surface area contributed by atoms with E-state index in [1.165, 1.54) is 71.5 Å². The Hall–Kier alpha value is -0.120. The average molecular weight is 225 g/mol. The first-order chi connectivity index (χ1) is 7.90. The van der Waals surface area contributed by atoms with Gasteiger partial charge in [0, 0.05) is 32.2 Å². The van der Waals surface area contributed by atoms with E-state index in [0.717, 1.165) is 6.04 Å². The monoisotopic (exact) mass is 225 g/mol. The number of hydrogen-bond acceptors (Lipinski definition) is 3. The highest BCUT2D eigenvalue weighted by atomic mass is 15.2. The number of piperazine rings is 1. The van der Waals surface area contributed by atoms with E-state index in [9.17, 15) is 0 Å². The lowest BCUT2D eigenvalue weighted by atomic mass is 10.0. The lowest BCUT2D eigenvalue weighted by molar-refractivity contribution is 0.0973. The maximum absolute atomic E-state index is 3.44. The van der Waals surface area contributed by atoms with Gasteiger partial charge >= 0.3 is 0 Å². The van der Waals surface area contributed by atoms with Crippen LogP contribution >= 0.6 is 0 Å². The van der Waals surface area contributed by atoms with E-state index in [2.05, 4.69) is 22.0 Å². The first-order valence-electron chi connectivity index (χ1n) is 7.07. The van der Waals surface area contributed by atoms with Crippen LogP contribution in [-0.2, 0) is 0 Å². The summed E-state index contributed by atoms with van der Waals surface area (Å²) < 4.78 is 0. The standard InChI is InChI=1S/C13H27N3/c1-2-3-8-15-9-4-13(5-10-15)16-11-6-14-7-12-16/h13-14H,2-12H2,1H3. The van der Waals surface area contributed by atoms with E-state index in [1.807, 2.05) is 0 Å². The fraction of sp³-hybridized carbons (Fsp3) is 1.00. The van der Waals surface area contributed by atoms with E-state index in [0.29, 0.717) is 0 Å². The smallest absolute Gasteiger partial charge is 0.0121 e. The third-order valence-corrected chi connectivity index (χ3v) is 4.05. The molecule has 2 aliphatic rings. The molecule has 16 heavy (non-hydrogen) atoms. The zero-order valence-electron chi connectivity index (χ0n) is 10.7. The molecular formula is C13H27N3. The second-order valence-corrected chi connectivity index (χ2v) is 5.21. The van der Waals surface area contributed by atoms with Crippen molar-refractivity contribution in [2.75, 3.05) is 45.8 Å². The Bertz CT molecular complexity index is 182. The summed E-state index contributed by atoms with van der Waals surface area (Å²) in [5.41, 5.74) is 0. The number of nitrogens with one attached hydrogen (secondary N) is 1. The number of likely N-dealkylation sites (tertiary alicyclic amines) is 1. The summed E-state index contributed by atoms with van der Waals surface area (Å²) in [5, 5.41) is 3.44. The number of unbranched alkanes of at least 4 members (excludes halogenated alkanes) is 1. The normalized spacial score (nSPS) is 26.1. The second kappa shape index (κ2) is 6.58. The third kappa shape index (κ3) is 3.44. The molecule has 2 saturated heterocycles. The topological polar surface area (TPSA) is 18.5 Å². The molecule has 0 bridgehead atoms. The van der Waals surface area contributed by atoms with Crippen molar-refractivity contribution in [3.05, 3.63) is 0 Å². The fourth-order valence-electron chi connectivity index (χ4n) is 2.94. The molecule has 0 aromatic rings. The van der Waals surface area contributed by atoms with Crippen molar-refractivity contribution in [2.45, 2.75) is 38.6 Å². The molecule has 3 heteroatoms. The van der Waals surface area contributed by atoms with Crippen LogP contribution in [0.3, 0.4) is 0 Å². The van der Waals surface area contributed by atoms with Gasteiger partial charge in [-0.3, -0.25) is 4.90 Å². The average Bonchev–Trinajstić information content (AvgIpc) is 2.38. The van der Waals surface area contributed by atoms with Crippen LogP contribution in [0.1, 0.15) is 32.6 Å². The summed E-state index contributed by atoms with van der Waals surface area (Å²) in [5.74, 6) is 0. The van der Waals surface area contributed by atoms with Crippen LogP contribution in [-0.4, -0.2) is 61.7 Å². The summed E-state index contributed by atoms with van der Waals surface area (Å²) in [6.45, 7) is 11.2. The molecule has 0 aliphatic carbocycles. The summed E-state index contributed by atoms with van der Waals surface area (Å²) >= 11 is 0. The molecule has 3 nitrogen and oxygen atoms in total. The molecule has 1 N–H and O–H groups in total. The maximum atomic E-state index is 3.44. The fourth-order valence-corrected chi connectivity index (χ4v) is 2.94. The minimum Gasteiger partial charge on any atom is -0.314 e. The Labute approximate surface area is 100 Å². The highest BCUT2D eigenvalue weighted by Gasteiger charge is 2.24. The van der Waals surface area contributed by atoms with Gasteiger partial charge in [-0.1, -0.05) is 13.3 Å². The van der Waals surface area contributed by atoms with Crippen LogP contribution in [0.5, 0.6) is 0 Å². The zero-order valence-corrected chi connectivity index (χ0v) is 10.7. The van der Waals surface area contributed by atoms with Crippen molar-refractivity contribution in [1.29, 1.82) is 0 Å². The minimum absolute atomic E-state index is 0.875. The zero-order chi connectivity index (χ0) is 11.2. The van der Waals surface area contributed by atoms with E-state index >= 15 is 0 Å². The molecule has 0 atom stereocenters. The molecule has 94 valence electrons. The van der Waals surface area contributed by atoms with Gasteiger partial charge in [-0.15, -0.1) is 0 Å². The molecule has 2 heterocycles. The van der Waals surface area contributed by atoms with Gasteiger partial charge < -0.3 is 10.2 Å². The van der Waals surface area contributed by atoms with Crippen molar-refractivity contribution in [2.24, 2.45) is 0 Å². The number of hydrogen-bond donors (Lipinski definition) is 1. The van der Waals surface area contributed by atoms with Gasteiger partial charge in [-0.25, -0.2) is 0 Å². The molecule has 0 unspecified atom stereocenters. The van der Waals surface area contributed by atoms with Crippen LogP contribution in [0.2, 0.25) is 0 Å². The van der Waals surface area contributed by atoms with E-state index in [4.69, 9.17) is 0 Å². The highest BCUT2D eigenvalue weighted by molar-refractivity contribution is 4.82. The van der Waals surface area contributed by atoms with Crippen LogP contribution in [0.4, 0.5) is 0 Å². The molecule has 0 saturated carbocycles. The maximum Gasteiger partial charge on any atom is 0.0121 e. The lowest BCUT2D eigenvalue weighted by Crippen LogP contribution is -2.52. The summed E-state index contributed by atoms with van der Waals surface area (Å²) in [4.78, 5) is 5.36. The predicted octanol–water partition coefficient (Wildman–Crippen LogP) is 1.16. The summed E-state index contributed by atoms with van der Waals surface area (Å²) in [7, 11) is 0. The Kier molecular flexibility index (Phi) is 5.07. The van der Waals surface area contributed by atoms with Crippen LogP contribution in [0, 0.1) is 0 Å². The first kappa shape index (κ1) is 12.3. The van der Waals surface area contributed by atoms with Crippen molar-refractivity contribution in [1.82, 2.24) is 15.1 Å². The third-order valence-electron chi connectivity index (χ3n) is 4.05.